The highest BCUT2D eigenvalue weighted by Crippen LogP contribution is 2.27. The van der Waals surface area contributed by atoms with Crippen LogP contribution in [0.15, 0.2) is 0 Å². The first-order valence-electron chi connectivity index (χ1n) is 7.52. The van der Waals surface area contributed by atoms with Crippen molar-refractivity contribution in [3.63, 3.8) is 0 Å². The minimum Gasteiger partial charge on any atom is -0.393 e. The molecular formula is C15H34O3. The van der Waals surface area contributed by atoms with Gasteiger partial charge in [-0.3, -0.25) is 0 Å². The predicted octanol–water partition coefficient (Wildman–Crippen LogP) is 3.84. The van der Waals surface area contributed by atoms with Crippen molar-refractivity contribution in [2.45, 2.75) is 73.7 Å². The third-order valence-electron chi connectivity index (χ3n) is 2.77. The summed E-state index contributed by atoms with van der Waals surface area (Å²) in [7, 11) is 0. The molecule has 0 aliphatic carbocycles. The largest absolute Gasteiger partial charge is 0.393 e. The third kappa shape index (κ3) is 8.90. The fraction of sp³-hybridized carbons (Fsp3) is 1.00. The van der Waals surface area contributed by atoms with Crippen LogP contribution in [0.3, 0.4) is 0 Å². The van der Waals surface area contributed by atoms with E-state index in [1.54, 1.807) is 0 Å². The van der Waals surface area contributed by atoms with Crippen molar-refractivity contribution in [3.05, 3.63) is 0 Å². The topological polar surface area (TPSA) is 38.7 Å². The van der Waals surface area contributed by atoms with Crippen LogP contribution in [0.2, 0.25) is 0 Å². The fourth-order valence-electron chi connectivity index (χ4n) is 1.84. The van der Waals surface area contributed by atoms with Crippen LogP contribution in [0, 0.1) is 11.8 Å². The molecule has 0 aromatic rings. The molecule has 1 saturated heterocycles. The van der Waals surface area contributed by atoms with Crippen molar-refractivity contribution in [2.24, 2.45) is 11.8 Å². The van der Waals surface area contributed by atoms with Gasteiger partial charge in [0.05, 0.1) is 19.3 Å². The van der Waals surface area contributed by atoms with Crippen LogP contribution < -0.4 is 0 Å². The molecule has 112 valence electrons. The molecule has 0 amide bonds. The normalized spacial score (nSPS) is 18.5. The van der Waals surface area contributed by atoms with Crippen LogP contribution in [-0.2, 0) is 9.47 Å². The number of rotatable bonds is 5. The molecule has 1 aliphatic heterocycles. The Morgan fingerprint density at radius 2 is 1.39 bits per heavy atom. The van der Waals surface area contributed by atoms with Gasteiger partial charge in [0, 0.05) is 5.92 Å². The highest BCUT2D eigenvalue weighted by molar-refractivity contribution is 4.70. The Morgan fingerprint density at radius 1 is 0.944 bits per heavy atom. The smallest absolute Gasteiger partial charge is 0.160 e. The highest BCUT2D eigenvalue weighted by Gasteiger charge is 2.29. The Labute approximate surface area is 114 Å². The average molecular weight is 262 g/mol. The molecule has 2 unspecified atom stereocenters. The van der Waals surface area contributed by atoms with E-state index in [2.05, 4.69) is 13.8 Å². The Morgan fingerprint density at radius 3 is 1.72 bits per heavy atom. The molecule has 0 saturated carbocycles. The van der Waals surface area contributed by atoms with Gasteiger partial charge in [-0.05, 0) is 25.7 Å². The van der Waals surface area contributed by atoms with Crippen LogP contribution >= 0.6 is 0 Å². The summed E-state index contributed by atoms with van der Waals surface area (Å²) < 4.78 is 11.0. The molecule has 1 fully saturated rings. The van der Waals surface area contributed by atoms with Crippen molar-refractivity contribution >= 4 is 0 Å². The Hall–Kier alpha value is -0.120. The van der Waals surface area contributed by atoms with Gasteiger partial charge in [-0.2, -0.15) is 0 Å². The quantitative estimate of drug-likeness (QED) is 0.818. The van der Waals surface area contributed by atoms with E-state index in [1.165, 1.54) is 0 Å². The minimum absolute atomic E-state index is 0.0475. The van der Waals surface area contributed by atoms with Gasteiger partial charge in [-0.1, -0.05) is 41.5 Å². The molecule has 3 heteroatoms. The molecular weight excluding hydrogens is 228 g/mol. The van der Waals surface area contributed by atoms with Gasteiger partial charge in [-0.25, -0.2) is 0 Å². The Bertz CT molecular complexity index is 152. The highest BCUT2D eigenvalue weighted by atomic mass is 16.7. The van der Waals surface area contributed by atoms with Crippen LogP contribution in [0.4, 0.5) is 0 Å². The molecule has 0 aromatic heterocycles. The summed E-state index contributed by atoms with van der Waals surface area (Å²) in [6.45, 7) is 15.6. The molecule has 0 radical (unpaired) electrons. The molecule has 2 atom stereocenters. The molecule has 1 heterocycles. The lowest BCUT2D eigenvalue weighted by atomic mass is 9.89. The van der Waals surface area contributed by atoms with E-state index < -0.39 is 0 Å². The van der Waals surface area contributed by atoms with Gasteiger partial charge >= 0.3 is 0 Å². The van der Waals surface area contributed by atoms with E-state index in [-0.39, 0.29) is 12.4 Å². The molecule has 3 nitrogen and oxygen atoms in total. The first kappa shape index (κ1) is 20.2. The lowest BCUT2D eigenvalue weighted by Gasteiger charge is -2.26. The number of aliphatic hydroxyl groups is 1. The third-order valence-corrected chi connectivity index (χ3v) is 2.77. The average Bonchev–Trinajstić information content (AvgIpc) is 2.87. The summed E-state index contributed by atoms with van der Waals surface area (Å²) in [4.78, 5) is 0. The molecule has 1 rings (SSSR count). The first-order valence-corrected chi connectivity index (χ1v) is 7.52. The Balaban J connectivity index is 0. The van der Waals surface area contributed by atoms with Gasteiger partial charge in [0.15, 0.2) is 6.29 Å². The molecule has 0 bridgehead atoms. The zero-order chi connectivity index (χ0) is 14.6. The van der Waals surface area contributed by atoms with Crippen LogP contribution in [0.1, 0.15) is 61.3 Å². The van der Waals surface area contributed by atoms with Crippen molar-refractivity contribution < 1.29 is 14.6 Å². The molecule has 1 aliphatic rings. The lowest BCUT2D eigenvalue weighted by Crippen LogP contribution is -2.27. The van der Waals surface area contributed by atoms with Crippen molar-refractivity contribution in [3.8, 4) is 0 Å². The predicted molar refractivity (Wildman–Crippen MR) is 77.6 cm³/mol. The van der Waals surface area contributed by atoms with Gasteiger partial charge in [0.1, 0.15) is 0 Å². The Kier molecular flexibility index (Phi) is 14.9. The summed E-state index contributed by atoms with van der Waals surface area (Å²) in [5.74, 6) is 0.948. The van der Waals surface area contributed by atoms with Crippen LogP contribution in [0.5, 0.6) is 0 Å². The second-order valence-electron chi connectivity index (χ2n) is 4.44. The van der Waals surface area contributed by atoms with E-state index in [1.807, 2.05) is 34.6 Å². The van der Waals surface area contributed by atoms with E-state index >= 15 is 0 Å². The van der Waals surface area contributed by atoms with Crippen LogP contribution in [-0.4, -0.2) is 30.7 Å². The second kappa shape index (κ2) is 13.3. The summed E-state index contributed by atoms with van der Waals surface area (Å²) in [6.07, 6.45) is 1.53. The summed E-state index contributed by atoms with van der Waals surface area (Å²) >= 11 is 0. The second-order valence-corrected chi connectivity index (χ2v) is 4.44. The molecule has 0 spiro atoms. The SMILES string of the molecule is CC.CC.CC(O)CCC(C(C)C)C1OCCO1. The first-order chi connectivity index (χ1) is 8.61. The van der Waals surface area contributed by atoms with Gasteiger partial charge in [0.25, 0.3) is 0 Å². The molecule has 18 heavy (non-hydrogen) atoms. The van der Waals surface area contributed by atoms with Crippen molar-refractivity contribution in [2.75, 3.05) is 13.2 Å². The zero-order valence-electron chi connectivity index (χ0n) is 13.4. The summed E-state index contributed by atoms with van der Waals surface area (Å²) in [5.41, 5.74) is 0. The van der Waals surface area contributed by atoms with E-state index in [0.29, 0.717) is 25.0 Å². The van der Waals surface area contributed by atoms with Crippen LogP contribution in [0.25, 0.3) is 0 Å². The monoisotopic (exact) mass is 262 g/mol. The lowest BCUT2D eigenvalue weighted by molar-refractivity contribution is -0.0999. The minimum atomic E-state index is -0.224. The summed E-state index contributed by atoms with van der Waals surface area (Å²) in [5, 5.41) is 9.24. The molecule has 0 aromatic carbocycles. The maximum Gasteiger partial charge on any atom is 0.160 e. The maximum atomic E-state index is 9.24. The summed E-state index contributed by atoms with van der Waals surface area (Å²) in [6, 6.07) is 0. The van der Waals surface area contributed by atoms with E-state index in [9.17, 15) is 5.11 Å². The number of hydrogen-bond acceptors (Lipinski definition) is 3. The van der Waals surface area contributed by atoms with Gasteiger partial charge in [0.2, 0.25) is 0 Å². The fourth-order valence-corrected chi connectivity index (χ4v) is 1.84. The number of ether oxygens (including phenoxy) is 2. The number of aliphatic hydroxyl groups excluding tert-OH is 1. The zero-order valence-corrected chi connectivity index (χ0v) is 13.4. The number of hydrogen-bond donors (Lipinski definition) is 1. The standard InChI is InChI=1S/C11H22O3.2C2H6/c1-8(2)10(5-4-9(3)12)11-13-6-7-14-11;2*1-2/h8-12H,4-7H2,1-3H3;2*1-2H3. The van der Waals surface area contributed by atoms with E-state index in [4.69, 9.17) is 9.47 Å². The van der Waals surface area contributed by atoms with E-state index in [0.717, 1.165) is 12.8 Å². The van der Waals surface area contributed by atoms with Crippen molar-refractivity contribution in [1.29, 1.82) is 0 Å². The molecule has 1 N–H and O–H groups in total. The maximum absolute atomic E-state index is 9.24. The van der Waals surface area contributed by atoms with Crippen molar-refractivity contribution in [1.82, 2.24) is 0 Å². The van der Waals surface area contributed by atoms with Gasteiger partial charge in [-0.15, -0.1) is 0 Å². The van der Waals surface area contributed by atoms with Gasteiger partial charge < -0.3 is 14.6 Å².